The number of phosphoric ester groups is 1. The van der Waals surface area contributed by atoms with E-state index in [4.69, 9.17) is 29.4 Å². The summed E-state index contributed by atoms with van der Waals surface area (Å²) >= 11 is 0. The summed E-state index contributed by atoms with van der Waals surface area (Å²) < 4.78 is 33.3. The van der Waals surface area contributed by atoms with Crippen molar-refractivity contribution in [3.8, 4) is 0 Å². The lowest BCUT2D eigenvalue weighted by atomic mass is 10.0. The van der Waals surface area contributed by atoms with Gasteiger partial charge in [0.2, 0.25) is 0 Å². The summed E-state index contributed by atoms with van der Waals surface area (Å²) in [6.07, 6.45) is 45.8. The van der Waals surface area contributed by atoms with Crippen LogP contribution >= 0.6 is 7.82 Å². The third kappa shape index (κ3) is 39.9. The van der Waals surface area contributed by atoms with E-state index >= 15 is 0 Å². The minimum atomic E-state index is -4.62. The predicted octanol–water partition coefficient (Wildman–Crippen LogP) is 11.9. The number of carbonyl (C=O) groups is 2. The van der Waals surface area contributed by atoms with Crippen molar-refractivity contribution in [1.29, 1.82) is 0 Å². The molecule has 3 atom stereocenters. The van der Waals surface area contributed by atoms with Crippen molar-refractivity contribution in [2.75, 3.05) is 26.4 Å². The molecule has 0 aliphatic carbocycles. The van der Waals surface area contributed by atoms with Gasteiger partial charge in [-0.3, -0.25) is 18.6 Å². The largest absolute Gasteiger partial charge is 0.480 e. The van der Waals surface area contributed by atoms with Crippen molar-refractivity contribution in [2.45, 2.75) is 193 Å². The quantitative estimate of drug-likeness (QED) is 0.0236. The van der Waals surface area contributed by atoms with Crippen LogP contribution < -0.4 is 5.73 Å². The van der Waals surface area contributed by atoms with Gasteiger partial charge in [-0.2, -0.15) is 0 Å². The van der Waals surface area contributed by atoms with Crippen molar-refractivity contribution in [1.82, 2.24) is 0 Å². The van der Waals surface area contributed by atoms with Crippen LogP contribution in [0.3, 0.4) is 0 Å². The molecule has 0 heterocycles. The summed E-state index contributed by atoms with van der Waals surface area (Å²) in [6.45, 7) is 3.76. The van der Waals surface area contributed by atoms with Crippen molar-refractivity contribution in [3.63, 3.8) is 0 Å². The molecule has 0 saturated heterocycles. The van der Waals surface area contributed by atoms with Gasteiger partial charge in [0, 0.05) is 13.0 Å². The molecule has 0 spiro atoms. The summed E-state index contributed by atoms with van der Waals surface area (Å²) in [7, 11) is -4.62. The third-order valence-corrected chi connectivity index (χ3v) is 10.1. The van der Waals surface area contributed by atoms with E-state index in [0.717, 1.165) is 83.5 Å². The Balaban J connectivity index is 4.26. The lowest BCUT2D eigenvalue weighted by Gasteiger charge is -2.20. The van der Waals surface area contributed by atoms with Crippen molar-refractivity contribution < 1.29 is 42.7 Å². The van der Waals surface area contributed by atoms with Gasteiger partial charge in [-0.25, -0.2) is 4.57 Å². The molecule has 10 nitrogen and oxygen atoms in total. The van der Waals surface area contributed by atoms with Crippen LogP contribution in [-0.4, -0.2) is 60.5 Å². The maximum atomic E-state index is 12.6. The standard InChI is InChI=1S/C44H80NO9P/c1-3-5-7-9-11-13-15-17-19-20-21-22-23-24-26-28-30-32-34-36-43(46)54-41(39-52-55(49,50)53-40-42(45)44(47)48)38-51-37-35-33-31-29-27-25-18-16-14-12-10-8-6-4-2/h5,7,11,13,17,19,21-22,41-42H,3-4,6,8-10,12,14-16,18,20,23-40,45H2,1-2H3,(H,47,48)(H,49,50)/b7-5-,13-11-,19-17-,22-21-. The molecule has 0 aliphatic heterocycles. The number of nitrogens with two attached hydrogens (primary N) is 1. The average Bonchev–Trinajstić information content (AvgIpc) is 3.16. The first-order valence-electron chi connectivity index (χ1n) is 21.7. The molecule has 320 valence electrons. The SMILES string of the molecule is CC/C=C\C/C=C\C/C=C\C/C=C\CCCCCCCCC(=O)OC(COCCCCCCCCCCCCCCCC)COP(=O)(O)OCC(N)C(=O)O. The molecule has 0 aromatic carbocycles. The number of hydrogen-bond donors (Lipinski definition) is 3. The van der Waals surface area contributed by atoms with E-state index < -0.39 is 45.1 Å². The van der Waals surface area contributed by atoms with Crippen LogP contribution in [0.1, 0.15) is 181 Å². The molecular formula is C44H80NO9P. The Labute approximate surface area is 335 Å². The Bertz CT molecular complexity index is 1060. The van der Waals surface area contributed by atoms with E-state index in [2.05, 4.69) is 62.5 Å². The number of rotatable bonds is 41. The molecule has 0 aromatic rings. The molecule has 3 unspecified atom stereocenters. The second-order valence-corrected chi connectivity index (χ2v) is 15.9. The second kappa shape index (κ2) is 40.1. The van der Waals surface area contributed by atoms with Crippen molar-refractivity contribution in [2.24, 2.45) is 5.73 Å². The Hall–Kier alpha value is -2.07. The Kier molecular flexibility index (Phi) is 38.6. The van der Waals surface area contributed by atoms with E-state index in [9.17, 15) is 19.0 Å². The van der Waals surface area contributed by atoms with Gasteiger partial charge in [-0.1, -0.05) is 172 Å². The topological polar surface area (TPSA) is 155 Å². The molecule has 0 saturated carbocycles. The molecule has 0 radical (unpaired) electrons. The van der Waals surface area contributed by atoms with E-state index in [0.29, 0.717) is 13.0 Å². The highest BCUT2D eigenvalue weighted by Gasteiger charge is 2.27. The number of allylic oxidation sites excluding steroid dienone is 8. The first kappa shape index (κ1) is 52.9. The number of carbonyl (C=O) groups excluding carboxylic acids is 1. The van der Waals surface area contributed by atoms with Crippen LogP contribution in [0, 0.1) is 0 Å². The Morgan fingerprint density at radius 1 is 0.600 bits per heavy atom. The zero-order valence-electron chi connectivity index (χ0n) is 34.8. The molecule has 0 amide bonds. The molecule has 0 aromatic heterocycles. The van der Waals surface area contributed by atoms with E-state index in [1.54, 1.807) is 0 Å². The van der Waals surface area contributed by atoms with Crippen LogP contribution in [0.5, 0.6) is 0 Å². The van der Waals surface area contributed by atoms with Crippen LogP contribution in [0.25, 0.3) is 0 Å². The molecule has 55 heavy (non-hydrogen) atoms. The summed E-state index contributed by atoms with van der Waals surface area (Å²) in [5.41, 5.74) is 5.35. The smallest absolute Gasteiger partial charge is 0.472 e. The Morgan fingerprint density at radius 3 is 1.58 bits per heavy atom. The maximum Gasteiger partial charge on any atom is 0.472 e. The third-order valence-electron chi connectivity index (χ3n) is 9.12. The van der Waals surface area contributed by atoms with Gasteiger partial charge in [0.15, 0.2) is 0 Å². The fourth-order valence-electron chi connectivity index (χ4n) is 5.77. The van der Waals surface area contributed by atoms with Crippen LogP contribution in [0.15, 0.2) is 48.6 Å². The fraction of sp³-hybridized carbons (Fsp3) is 0.773. The van der Waals surface area contributed by atoms with Gasteiger partial charge < -0.3 is 25.2 Å². The number of unbranched alkanes of at least 4 members (excludes halogenated alkanes) is 19. The number of aliphatic carboxylic acids is 1. The number of carboxylic acids is 1. The lowest BCUT2D eigenvalue weighted by Crippen LogP contribution is -2.34. The summed E-state index contributed by atoms with van der Waals surface area (Å²) in [5, 5.41) is 8.89. The fourth-order valence-corrected chi connectivity index (χ4v) is 6.55. The average molecular weight is 798 g/mol. The summed E-state index contributed by atoms with van der Waals surface area (Å²) in [5.74, 6) is -1.79. The molecule has 0 rings (SSSR count). The zero-order valence-corrected chi connectivity index (χ0v) is 35.7. The number of hydrogen-bond acceptors (Lipinski definition) is 8. The van der Waals surface area contributed by atoms with Crippen LogP contribution in [0.4, 0.5) is 0 Å². The van der Waals surface area contributed by atoms with E-state index in [-0.39, 0.29) is 13.0 Å². The summed E-state index contributed by atoms with van der Waals surface area (Å²) in [4.78, 5) is 33.5. The number of ether oxygens (including phenoxy) is 2. The highest BCUT2D eigenvalue weighted by molar-refractivity contribution is 7.47. The van der Waals surface area contributed by atoms with Crippen molar-refractivity contribution >= 4 is 19.8 Å². The van der Waals surface area contributed by atoms with E-state index in [1.807, 2.05) is 0 Å². The molecular weight excluding hydrogens is 717 g/mol. The highest BCUT2D eigenvalue weighted by Crippen LogP contribution is 2.43. The monoisotopic (exact) mass is 798 g/mol. The van der Waals surface area contributed by atoms with Gasteiger partial charge in [-0.15, -0.1) is 0 Å². The van der Waals surface area contributed by atoms with E-state index in [1.165, 1.54) is 70.6 Å². The minimum absolute atomic E-state index is 0.0120. The van der Waals surface area contributed by atoms with Gasteiger partial charge in [0.25, 0.3) is 0 Å². The van der Waals surface area contributed by atoms with Crippen LogP contribution in [0.2, 0.25) is 0 Å². The molecule has 11 heteroatoms. The van der Waals surface area contributed by atoms with Crippen molar-refractivity contribution in [3.05, 3.63) is 48.6 Å². The second-order valence-electron chi connectivity index (χ2n) is 14.4. The maximum absolute atomic E-state index is 12.6. The number of carboxylic acid groups (broad SMARTS) is 1. The first-order chi connectivity index (χ1) is 26.7. The zero-order chi connectivity index (χ0) is 40.5. The molecule has 0 aliphatic rings. The molecule has 0 bridgehead atoms. The number of esters is 1. The van der Waals surface area contributed by atoms with Gasteiger partial charge >= 0.3 is 19.8 Å². The minimum Gasteiger partial charge on any atom is -0.480 e. The van der Waals surface area contributed by atoms with Gasteiger partial charge in [0.05, 0.1) is 19.8 Å². The lowest BCUT2D eigenvalue weighted by molar-refractivity contribution is -0.154. The van der Waals surface area contributed by atoms with Gasteiger partial charge in [-0.05, 0) is 51.4 Å². The molecule has 4 N–H and O–H groups in total. The van der Waals surface area contributed by atoms with Gasteiger partial charge in [0.1, 0.15) is 12.1 Å². The summed E-state index contributed by atoms with van der Waals surface area (Å²) in [6, 6.07) is -1.48. The number of phosphoric acid groups is 1. The predicted molar refractivity (Wildman–Crippen MR) is 226 cm³/mol. The van der Waals surface area contributed by atoms with Crippen LogP contribution in [-0.2, 0) is 32.7 Å². The Morgan fingerprint density at radius 2 is 1.05 bits per heavy atom. The first-order valence-corrected chi connectivity index (χ1v) is 23.2. The normalized spacial score (nSPS) is 14.4. The molecule has 0 fully saturated rings. The highest BCUT2D eigenvalue weighted by atomic mass is 31.2.